The molecular weight excluding hydrogens is 260 g/mol. The van der Waals surface area contributed by atoms with Gasteiger partial charge in [0.15, 0.2) is 5.78 Å². The molecule has 21 heavy (non-hydrogen) atoms. The van der Waals surface area contributed by atoms with Crippen LogP contribution in [0.25, 0.3) is 10.9 Å². The molecule has 0 aliphatic heterocycles. The first-order valence-corrected chi connectivity index (χ1v) is 7.80. The van der Waals surface area contributed by atoms with Crippen LogP contribution in [0.5, 0.6) is 0 Å². The molecular formula is C18H22N2O. The van der Waals surface area contributed by atoms with Crippen molar-refractivity contribution in [2.45, 2.75) is 44.1 Å². The van der Waals surface area contributed by atoms with E-state index >= 15 is 0 Å². The third-order valence-corrected chi connectivity index (χ3v) is 4.77. The van der Waals surface area contributed by atoms with Gasteiger partial charge in [0.05, 0.1) is 5.52 Å². The number of hydrogen-bond acceptors (Lipinski definition) is 3. The van der Waals surface area contributed by atoms with Gasteiger partial charge in [-0.05, 0) is 32.0 Å². The summed E-state index contributed by atoms with van der Waals surface area (Å²) in [5, 5.41) is 4.46. The van der Waals surface area contributed by atoms with E-state index in [1.54, 1.807) is 6.20 Å². The number of nitrogens with one attached hydrogen (secondary N) is 1. The Hall–Kier alpha value is -1.74. The van der Waals surface area contributed by atoms with Gasteiger partial charge in [-0.15, -0.1) is 0 Å². The number of carbonyl (C=O) groups is 1. The first-order chi connectivity index (χ1) is 10.2. The van der Waals surface area contributed by atoms with E-state index in [0.29, 0.717) is 6.42 Å². The van der Waals surface area contributed by atoms with Gasteiger partial charge in [0.1, 0.15) is 0 Å². The third kappa shape index (κ3) is 2.84. The van der Waals surface area contributed by atoms with Crippen LogP contribution in [0.1, 0.15) is 48.9 Å². The summed E-state index contributed by atoms with van der Waals surface area (Å²) in [6.07, 6.45) is 8.21. The summed E-state index contributed by atoms with van der Waals surface area (Å²) in [6, 6.07) is 9.78. The summed E-state index contributed by atoms with van der Waals surface area (Å²) in [5.41, 5.74) is 1.56. The van der Waals surface area contributed by atoms with Crippen molar-refractivity contribution in [1.29, 1.82) is 0 Å². The molecule has 2 aromatic rings. The Kier molecular flexibility index (Phi) is 4.02. The zero-order valence-electron chi connectivity index (χ0n) is 12.6. The Balaban J connectivity index is 1.90. The monoisotopic (exact) mass is 282 g/mol. The van der Waals surface area contributed by atoms with Gasteiger partial charge in [-0.25, -0.2) is 0 Å². The molecule has 1 N–H and O–H groups in total. The Morgan fingerprint density at radius 3 is 2.71 bits per heavy atom. The summed E-state index contributed by atoms with van der Waals surface area (Å²) in [7, 11) is 1.99. The Morgan fingerprint density at radius 1 is 1.19 bits per heavy atom. The van der Waals surface area contributed by atoms with Gasteiger partial charge >= 0.3 is 0 Å². The predicted octanol–water partition coefficient (Wildman–Crippen LogP) is 3.73. The fourth-order valence-electron chi connectivity index (χ4n) is 3.48. The molecule has 1 aliphatic rings. The molecule has 0 amide bonds. The van der Waals surface area contributed by atoms with Crippen LogP contribution in [0.15, 0.2) is 36.5 Å². The van der Waals surface area contributed by atoms with Crippen LogP contribution in [0.4, 0.5) is 0 Å². The number of pyridine rings is 1. The van der Waals surface area contributed by atoms with Gasteiger partial charge in [-0.3, -0.25) is 9.78 Å². The number of Topliss-reactive ketones (excluding diaryl/α,β-unsaturated/α-hetero) is 1. The normalized spacial score (nSPS) is 17.8. The van der Waals surface area contributed by atoms with Gasteiger partial charge in [0.25, 0.3) is 0 Å². The number of aromatic nitrogens is 1. The number of para-hydroxylation sites is 1. The molecule has 0 radical (unpaired) electrons. The average Bonchev–Trinajstić information content (AvgIpc) is 2.55. The molecule has 3 nitrogen and oxygen atoms in total. The van der Waals surface area contributed by atoms with E-state index in [0.717, 1.165) is 29.3 Å². The van der Waals surface area contributed by atoms with E-state index in [1.165, 1.54) is 19.3 Å². The summed E-state index contributed by atoms with van der Waals surface area (Å²) >= 11 is 0. The van der Waals surface area contributed by atoms with E-state index in [1.807, 2.05) is 37.4 Å². The standard InChI is InChI=1S/C18H22N2O/c1-19-18(10-3-2-4-11-18)13-16(21)15-9-5-7-14-8-6-12-20-17(14)15/h5-9,12,19H,2-4,10-11,13H2,1H3. The Bertz CT molecular complexity index is 639. The molecule has 0 bridgehead atoms. The molecule has 0 saturated heterocycles. The smallest absolute Gasteiger partial charge is 0.166 e. The predicted molar refractivity (Wildman–Crippen MR) is 85.6 cm³/mol. The highest BCUT2D eigenvalue weighted by molar-refractivity contribution is 6.07. The largest absolute Gasteiger partial charge is 0.314 e. The van der Waals surface area contributed by atoms with E-state index in [9.17, 15) is 4.79 Å². The van der Waals surface area contributed by atoms with Crippen molar-refractivity contribution >= 4 is 16.7 Å². The lowest BCUT2D eigenvalue weighted by atomic mass is 9.77. The molecule has 3 heteroatoms. The van der Waals surface area contributed by atoms with Gasteiger partial charge in [0, 0.05) is 29.1 Å². The van der Waals surface area contributed by atoms with E-state index in [2.05, 4.69) is 10.3 Å². The van der Waals surface area contributed by atoms with Crippen LogP contribution in [-0.2, 0) is 0 Å². The highest BCUT2D eigenvalue weighted by Crippen LogP contribution is 2.32. The number of benzene rings is 1. The Morgan fingerprint density at radius 2 is 1.95 bits per heavy atom. The number of carbonyl (C=O) groups excluding carboxylic acids is 1. The molecule has 1 aliphatic carbocycles. The second-order valence-electron chi connectivity index (χ2n) is 6.07. The summed E-state index contributed by atoms with van der Waals surface area (Å²) in [6.45, 7) is 0. The van der Waals surface area contributed by atoms with Crippen LogP contribution >= 0.6 is 0 Å². The minimum absolute atomic E-state index is 0.0215. The van der Waals surface area contributed by atoms with E-state index in [-0.39, 0.29) is 11.3 Å². The first kappa shape index (κ1) is 14.2. The molecule has 110 valence electrons. The second kappa shape index (κ2) is 5.94. The van der Waals surface area contributed by atoms with Crippen LogP contribution < -0.4 is 5.32 Å². The molecule has 0 atom stereocenters. The van der Waals surface area contributed by atoms with Crippen molar-refractivity contribution in [2.75, 3.05) is 7.05 Å². The molecule has 1 fully saturated rings. The van der Waals surface area contributed by atoms with Crippen molar-refractivity contribution in [3.63, 3.8) is 0 Å². The molecule has 1 aromatic carbocycles. The van der Waals surface area contributed by atoms with Crippen LogP contribution in [0.3, 0.4) is 0 Å². The van der Waals surface area contributed by atoms with Crippen LogP contribution in [-0.4, -0.2) is 23.4 Å². The molecule has 1 aromatic heterocycles. The van der Waals surface area contributed by atoms with Crippen LogP contribution in [0.2, 0.25) is 0 Å². The summed E-state index contributed by atoms with van der Waals surface area (Å²) < 4.78 is 0. The lowest BCUT2D eigenvalue weighted by Crippen LogP contribution is -2.46. The number of rotatable bonds is 4. The van der Waals surface area contributed by atoms with Crippen molar-refractivity contribution in [2.24, 2.45) is 0 Å². The van der Waals surface area contributed by atoms with Gasteiger partial charge < -0.3 is 5.32 Å². The first-order valence-electron chi connectivity index (χ1n) is 7.80. The number of ketones is 1. The molecule has 0 unspecified atom stereocenters. The molecule has 3 rings (SSSR count). The minimum atomic E-state index is -0.0215. The van der Waals surface area contributed by atoms with E-state index < -0.39 is 0 Å². The van der Waals surface area contributed by atoms with Gasteiger partial charge in [-0.2, -0.15) is 0 Å². The SMILES string of the molecule is CNC1(CC(=O)c2cccc3cccnc23)CCCCC1. The maximum absolute atomic E-state index is 12.8. The average molecular weight is 282 g/mol. The highest BCUT2D eigenvalue weighted by Gasteiger charge is 2.33. The Labute approximate surface area is 125 Å². The zero-order valence-corrected chi connectivity index (χ0v) is 12.6. The van der Waals surface area contributed by atoms with Gasteiger partial charge in [0.2, 0.25) is 0 Å². The summed E-state index contributed by atoms with van der Waals surface area (Å²) in [5.74, 6) is 0.204. The van der Waals surface area contributed by atoms with Crippen LogP contribution in [0, 0.1) is 0 Å². The molecule has 1 heterocycles. The van der Waals surface area contributed by atoms with Crippen molar-refractivity contribution in [3.05, 3.63) is 42.1 Å². The quantitative estimate of drug-likeness (QED) is 0.869. The lowest BCUT2D eigenvalue weighted by Gasteiger charge is -2.36. The van der Waals surface area contributed by atoms with Gasteiger partial charge in [-0.1, -0.05) is 37.5 Å². The highest BCUT2D eigenvalue weighted by atomic mass is 16.1. The molecule has 1 saturated carbocycles. The number of fused-ring (bicyclic) bond motifs is 1. The maximum Gasteiger partial charge on any atom is 0.166 e. The fourth-order valence-corrected chi connectivity index (χ4v) is 3.48. The summed E-state index contributed by atoms with van der Waals surface area (Å²) in [4.78, 5) is 17.2. The lowest BCUT2D eigenvalue weighted by molar-refractivity contribution is 0.0916. The van der Waals surface area contributed by atoms with Crippen molar-refractivity contribution in [1.82, 2.24) is 10.3 Å². The minimum Gasteiger partial charge on any atom is -0.314 e. The fraction of sp³-hybridized carbons (Fsp3) is 0.444. The topological polar surface area (TPSA) is 42.0 Å². The molecule has 0 spiro atoms. The van der Waals surface area contributed by atoms with E-state index in [4.69, 9.17) is 0 Å². The van der Waals surface area contributed by atoms with Crippen molar-refractivity contribution < 1.29 is 4.79 Å². The van der Waals surface area contributed by atoms with Crippen molar-refractivity contribution in [3.8, 4) is 0 Å². The zero-order chi connectivity index (χ0) is 14.7. The third-order valence-electron chi connectivity index (χ3n) is 4.77. The number of nitrogens with zero attached hydrogens (tertiary/aromatic N) is 1. The maximum atomic E-state index is 12.8. The number of hydrogen-bond donors (Lipinski definition) is 1. The second-order valence-corrected chi connectivity index (χ2v) is 6.07.